The van der Waals surface area contributed by atoms with E-state index in [4.69, 9.17) is 0 Å². The van der Waals surface area contributed by atoms with Crippen molar-refractivity contribution in [1.29, 1.82) is 0 Å². The van der Waals surface area contributed by atoms with Gasteiger partial charge in [0.1, 0.15) is 5.69 Å². The molecule has 68 valence electrons. The van der Waals surface area contributed by atoms with Crippen LogP contribution in [0.5, 0.6) is 5.75 Å². The highest BCUT2D eigenvalue weighted by Crippen LogP contribution is 2.23. The van der Waals surface area contributed by atoms with Crippen LogP contribution in [0.4, 0.5) is 8.78 Å². The van der Waals surface area contributed by atoms with Crippen molar-refractivity contribution in [2.45, 2.75) is 6.43 Å². The third-order valence-electron chi connectivity index (χ3n) is 1.77. The second-order valence-corrected chi connectivity index (χ2v) is 2.57. The molecule has 0 aliphatic rings. The standard InChI is InChI=1S/C8H6F2N2O/c9-7(10)5-4-11-8-6(13)2-1-3-12(5)8/h1-4,7,13H. The summed E-state index contributed by atoms with van der Waals surface area (Å²) in [5.74, 6) is -0.102. The number of aromatic hydroxyl groups is 1. The van der Waals surface area contributed by atoms with Gasteiger partial charge in [-0.25, -0.2) is 13.8 Å². The van der Waals surface area contributed by atoms with Crippen LogP contribution >= 0.6 is 0 Å². The Kier molecular flexibility index (Phi) is 1.65. The van der Waals surface area contributed by atoms with Gasteiger partial charge < -0.3 is 5.11 Å². The molecular formula is C8H6F2N2O. The van der Waals surface area contributed by atoms with E-state index in [1.165, 1.54) is 22.7 Å². The highest BCUT2D eigenvalue weighted by atomic mass is 19.3. The van der Waals surface area contributed by atoms with Crippen LogP contribution < -0.4 is 0 Å². The van der Waals surface area contributed by atoms with Crippen LogP contribution in [0, 0.1) is 0 Å². The van der Waals surface area contributed by atoms with E-state index in [1.54, 1.807) is 0 Å². The summed E-state index contributed by atoms with van der Waals surface area (Å²) in [5.41, 5.74) is -0.0660. The van der Waals surface area contributed by atoms with Gasteiger partial charge in [0.2, 0.25) is 0 Å². The normalized spacial score (nSPS) is 11.3. The molecule has 0 unspecified atom stereocenters. The van der Waals surface area contributed by atoms with E-state index in [0.717, 1.165) is 6.20 Å². The van der Waals surface area contributed by atoms with E-state index >= 15 is 0 Å². The maximum atomic E-state index is 12.3. The number of halogens is 2. The summed E-state index contributed by atoms with van der Waals surface area (Å²) in [6, 6.07) is 2.88. The van der Waals surface area contributed by atoms with Crippen molar-refractivity contribution < 1.29 is 13.9 Å². The third kappa shape index (κ3) is 1.12. The molecule has 3 nitrogen and oxygen atoms in total. The molecule has 0 fully saturated rings. The lowest BCUT2D eigenvalue weighted by Gasteiger charge is -1.99. The first-order valence-electron chi connectivity index (χ1n) is 3.63. The molecule has 1 N–H and O–H groups in total. The van der Waals surface area contributed by atoms with Gasteiger partial charge in [-0.05, 0) is 12.1 Å². The predicted molar refractivity (Wildman–Crippen MR) is 41.8 cm³/mol. The molecule has 0 aromatic carbocycles. The average Bonchev–Trinajstić information content (AvgIpc) is 2.48. The number of hydrogen-bond acceptors (Lipinski definition) is 2. The first kappa shape index (κ1) is 7.97. The fourth-order valence-corrected chi connectivity index (χ4v) is 1.18. The number of pyridine rings is 1. The molecule has 2 heterocycles. The molecule has 0 aliphatic carbocycles. The Morgan fingerprint density at radius 1 is 1.46 bits per heavy atom. The Morgan fingerprint density at radius 2 is 2.23 bits per heavy atom. The molecule has 0 atom stereocenters. The summed E-state index contributed by atoms with van der Waals surface area (Å²) >= 11 is 0. The summed E-state index contributed by atoms with van der Waals surface area (Å²) in [5, 5.41) is 9.24. The van der Waals surface area contributed by atoms with Crippen LogP contribution in [-0.4, -0.2) is 14.5 Å². The lowest BCUT2D eigenvalue weighted by Crippen LogP contribution is -1.91. The van der Waals surface area contributed by atoms with Crippen LogP contribution in [0.3, 0.4) is 0 Å². The summed E-state index contributed by atoms with van der Waals surface area (Å²) < 4.78 is 25.8. The minimum absolute atomic E-state index is 0.102. The van der Waals surface area contributed by atoms with Crippen molar-refractivity contribution in [3.05, 3.63) is 30.2 Å². The van der Waals surface area contributed by atoms with E-state index in [0.29, 0.717) is 0 Å². The Morgan fingerprint density at radius 3 is 2.92 bits per heavy atom. The van der Waals surface area contributed by atoms with Crippen molar-refractivity contribution >= 4 is 5.65 Å². The molecule has 13 heavy (non-hydrogen) atoms. The zero-order chi connectivity index (χ0) is 9.42. The maximum absolute atomic E-state index is 12.3. The van der Waals surface area contributed by atoms with Gasteiger partial charge in [-0.15, -0.1) is 0 Å². The maximum Gasteiger partial charge on any atom is 0.280 e. The lowest BCUT2D eigenvalue weighted by atomic mass is 10.4. The molecule has 0 saturated heterocycles. The van der Waals surface area contributed by atoms with E-state index in [-0.39, 0.29) is 17.1 Å². The van der Waals surface area contributed by atoms with E-state index in [9.17, 15) is 13.9 Å². The fourth-order valence-electron chi connectivity index (χ4n) is 1.18. The topological polar surface area (TPSA) is 37.5 Å². The first-order valence-corrected chi connectivity index (χ1v) is 3.63. The van der Waals surface area contributed by atoms with Crippen molar-refractivity contribution in [3.8, 4) is 5.75 Å². The zero-order valence-corrected chi connectivity index (χ0v) is 6.48. The number of imidazole rings is 1. The molecule has 2 aromatic heterocycles. The molecule has 0 bridgehead atoms. The van der Waals surface area contributed by atoms with Crippen LogP contribution in [0.25, 0.3) is 5.65 Å². The monoisotopic (exact) mass is 184 g/mol. The van der Waals surface area contributed by atoms with Crippen molar-refractivity contribution in [2.75, 3.05) is 0 Å². The molecule has 5 heteroatoms. The predicted octanol–water partition coefficient (Wildman–Crippen LogP) is 1.98. The Bertz CT molecular complexity index is 439. The van der Waals surface area contributed by atoms with Crippen LogP contribution in [-0.2, 0) is 0 Å². The molecule has 2 rings (SSSR count). The van der Waals surface area contributed by atoms with Gasteiger partial charge in [0, 0.05) is 6.20 Å². The van der Waals surface area contributed by atoms with Gasteiger partial charge in [-0.1, -0.05) is 0 Å². The van der Waals surface area contributed by atoms with Crippen LogP contribution in [0.2, 0.25) is 0 Å². The van der Waals surface area contributed by atoms with Crippen LogP contribution in [0.15, 0.2) is 24.5 Å². The van der Waals surface area contributed by atoms with Crippen molar-refractivity contribution in [2.24, 2.45) is 0 Å². The highest BCUT2D eigenvalue weighted by Gasteiger charge is 2.14. The number of rotatable bonds is 1. The molecule has 0 radical (unpaired) electrons. The third-order valence-corrected chi connectivity index (χ3v) is 1.77. The number of fused-ring (bicyclic) bond motifs is 1. The van der Waals surface area contributed by atoms with E-state index < -0.39 is 6.43 Å². The SMILES string of the molecule is Oc1cccn2c(C(F)F)cnc12. The lowest BCUT2D eigenvalue weighted by molar-refractivity contribution is 0.145. The Labute approximate surface area is 72.3 Å². The minimum atomic E-state index is -2.59. The minimum Gasteiger partial charge on any atom is -0.504 e. The number of aromatic nitrogens is 2. The molecule has 0 saturated carbocycles. The van der Waals surface area contributed by atoms with Gasteiger partial charge in [0.05, 0.1) is 6.20 Å². The Hall–Kier alpha value is -1.65. The van der Waals surface area contributed by atoms with Crippen molar-refractivity contribution in [3.63, 3.8) is 0 Å². The van der Waals surface area contributed by atoms with Crippen molar-refractivity contribution in [1.82, 2.24) is 9.38 Å². The summed E-state index contributed by atoms with van der Waals surface area (Å²) in [6.45, 7) is 0. The van der Waals surface area contributed by atoms with Gasteiger partial charge in [0.15, 0.2) is 11.4 Å². The van der Waals surface area contributed by atoms with Gasteiger partial charge in [-0.3, -0.25) is 4.40 Å². The number of hydrogen-bond donors (Lipinski definition) is 1. The van der Waals surface area contributed by atoms with Gasteiger partial charge in [-0.2, -0.15) is 0 Å². The van der Waals surface area contributed by atoms with Crippen LogP contribution in [0.1, 0.15) is 12.1 Å². The van der Waals surface area contributed by atoms with E-state index in [1.807, 2.05) is 0 Å². The second kappa shape index (κ2) is 2.69. The quantitative estimate of drug-likeness (QED) is 0.735. The second-order valence-electron chi connectivity index (χ2n) is 2.57. The smallest absolute Gasteiger partial charge is 0.280 e. The summed E-state index contributed by atoms with van der Waals surface area (Å²) in [7, 11) is 0. The molecule has 0 aliphatic heterocycles. The molecule has 0 spiro atoms. The number of nitrogens with zero attached hydrogens (tertiary/aromatic N) is 2. The fraction of sp³-hybridized carbons (Fsp3) is 0.125. The summed E-state index contributed by atoms with van der Waals surface area (Å²) in [4.78, 5) is 3.67. The van der Waals surface area contributed by atoms with E-state index in [2.05, 4.69) is 4.98 Å². The van der Waals surface area contributed by atoms with Gasteiger partial charge >= 0.3 is 0 Å². The average molecular weight is 184 g/mol. The zero-order valence-electron chi connectivity index (χ0n) is 6.48. The Balaban J connectivity index is 2.75. The molecular weight excluding hydrogens is 178 g/mol. The largest absolute Gasteiger partial charge is 0.504 e. The first-order chi connectivity index (χ1) is 6.20. The van der Waals surface area contributed by atoms with Gasteiger partial charge in [0.25, 0.3) is 6.43 Å². The molecule has 0 amide bonds. The highest BCUT2D eigenvalue weighted by molar-refractivity contribution is 5.53. The number of alkyl halides is 2. The summed E-state index contributed by atoms with van der Waals surface area (Å²) in [6.07, 6.45) is -0.0969. The molecule has 2 aromatic rings.